The van der Waals surface area contributed by atoms with Crippen molar-refractivity contribution < 1.29 is 4.42 Å². The van der Waals surface area contributed by atoms with Crippen molar-refractivity contribution in [2.24, 2.45) is 0 Å². The molecule has 0 spiro atoms. The molecule has 0 bridgehead atoms. The molecule has 102 valence electrons. The van der Waals surface area contributed by atoms with Crippen LogP contribution in [-0.2, 0) is 0 Å². The Morgan fingerprint density at radius 2 is 1.81 bits per heavy atom. The van der Waals surface area contributed by atoms with E-state index in [1.807, 2.05) is 0 Å². The van der Waals surface area contributed by atoms with Gasteiger partial charge in [0.1, 0.15) is 11.0 Å². The summed E-state index contributed by atoms with van der Waals surface area (Å²) in [5.41, 5.74) is 0.492. The third-order valence-electron chi connectivity index (χ3n) is 3.50. The van der Waals surface area contributed by atoms with Gasteiger partial charge in [0.15, 0.2) is 5.58 Å². The molecule has 4 aromatic rings. The molecule has 0 fully saturated rings. The van der Waals surface area contributed by atoms with Crippen molar-refractivity contribution in [2.45, 2.75) is 0 Å². The minimum Gasteiger partial charge on any atom is -0.455 e. The number of para-hydroxylation sites is 1. The fraction of sp³-hybridized carbons (Fsp3) is 0. The van der Waals surface area contributed by atoms with Crippen LogP contribution in [0.25, 0.3) is 32.8 Å². The average Bonchev–Trinajstić information content (AvgIpc) is 2.48. The van der Waals surface area contributed by atoms with Crippen LogP contribution >= 0.6 is 11.6 Å². The largest absolute Gasteiger partial charge is 0.455 e. The molecule has 5 heteroatoms. The van der Waals surface area contributed by atoms with Gasteiger partial charge >= 0.3 is 0 Å². The van der Waals surface area contributed by atoms with Crippen molar-refractivity contribution in [3.05, 3.63) is 68.1 Å². The summed E-state index contributed by atoms with van der Waals surface area (Å²) in [5, 5.41) is 1.52. The van der Waals surface area contributed by atoms with E-state index in [0.717, 1.165) is 0 Å². The summed E-state index contributed by atoms with van der Waals surface area (Å²) in [6.07, 6.45) is 0. The van der Waals surface area contributed by atoms with E-state index in [4.69, 9.17) is 16.0 Å². The van der Waals surface area contributed by atoms with Gasteiger partial charge in [0.05, 0.1) is 10.9 Å². The molecule has 2 heterocycles. The Kier molecular flexibility index (Phi) is 2.43. The quantitative estimate of drug-likeness (QED) is 0.399. The molecule has 0 aliphatic carbocycles. The van der Waals surface area contributed by atoms with Gasteiger partial charge in [-0.2, -0.15) is 0 Å². The van der Waals surface area contributed by atoms with Crippen molar-refractivity contribution >= 4 is 44.4 Å². The Morgan fingerprint density at radius 1 is 1.00 bits per heavy atom. The van der Waals surface area contributed by atoms with E-state index in [1.165, 1.54) is 0 Å². The van der Waals surface area contributed by atoms with Gasteiger partial charge in [-0.1, -0.05) is 23.7 Å². The van der Waals surface area contributed by atoms with Crippen molar-refractivity contribution in [1.82, 2.24) is 4.98 Å². The minimum atomic E-state index is -0.459. The summed E-state index contributed by atoms with van der Waals surface area (Å²) in [6.45, 7) is 0. The van der Waals surface area contributed by atoms with Gasteiger partial charge in [-0.15, -0.1) is 0 Å². The molecule has 0 aliphatic heterocycles. The molecular weight excluding hydrogens is 290 g/mol. The minimum absolute atomic E-state index is 0.0171. The van der Waals surface area contributed by atoms with Gasteiger partial charge in [-0.05, 0) is 30.3 Å². The first-order valence-electron chi connectivity index (χ1n) is 6.32. The summed E-state index contributed by atoms with van der Waals surface area (Å²) >= 11 is 6.01. The molecule has 4 nitrogen and oxygen atoms in total. The fourth-order valence-corrected chi connectivity index (χ4v) is 2.71. The number of pyridine rings is 1. The lowest BCUT2D eigenvalue weighted by molar-refractivity contribution is 0.663. The highest BCUT2D eigenvalue weighted by Crippen LogP contribution is 2.25. The zero-order valence-electron chi connectivity index (χ0n) is 10.6. The van der Waals surface area contributed by atoms with Crippen LogP contribution in [0.4, 0.5) is 0 Å². The van der Waals surface area contributed by atoms with Crippen molar-refractivity contribution in [3.63, 3.8) is 0 Å². The second-order valence-electron chi connectivity index (χ2n) is 4.78. The van der Waals surface area contributed by atoms with Crippen LogP contribution in [0.1, 0.15) is 0 Å². The molecule has 0 amide bonds. The Bertz CT molecular complexity index is 1140. The van der Waals surface area contributed by atoms with Crippen molar-refractivity contribution in [1.29, 1.82) is 0 Å². The lowest BCUT2D eigenvalue weighted by Crippen LogP contribution is -2.16. The van der Waals surface area contributed by atoms with Crippen LogP contribution in [0.3, 0.4) is 0 Å². The molecule has 21 heavy (non-hydrogen) atoms. The molecule has 0 aliphatic rings. The third kappa shape index (κ3) is 1.69. The van der Waals surface area contributed by atoms with Crippen molar-refractivity contribution in [3.8, 4) is 0 Å². The zero-order chi connectivity index (χ0) is 14.6. The third-order valence-corrected chi connectivity index (χ3v) is 3.73. The molecule has 0 saturated heterocycles. The van der Waals surface area contributed by atoms with Gasteiger partial charge in [-0.3, -0.25) is 9.59 Å². The maximum Gasteiger partial charge on any atom is 0.263 e. The number of halogens is 1. The van der Waals surface area contributed by atoms with Crippen LogP contribution in [0.15, 0.2) is 56.5 Å². The molecule has 0 unspecified atom stereocenters. The Morgan fingerprint density at radius 3 is 2.67 bits per heavy atom. The first-order valence-corrected chi connectivity index (χ1v) is 6.70. The summed E-state index contributed by atoms with van der Waals surface area (Å²) in [7, 11) is 0. The van der Waals surface area contributed by atoms with Crippen LogP contribution in [0.2, 0.25) is 5.02 Å². The zero-order valence-corrected chi connectivity index (χ0v) is 11.4. The van der Waals surface area contributed by atoms with Gasteiger partial charge in [0.25, 0.3) is 5.56 Å². The van der Waals surface area contributed by atoms with E-state index < -0.39 is 5.56 Å². The van der Waals surface area contributed by atoms with Gasteiger partial charge in [0, 0.05) is 10.4 Å². The van der Waals surface area contributed by atoms with Crippen LogP contribution in [-0.4, -0.2) is 4.98 Å². The molecule has 2 aromatic heterocycles. The summed E-state index contributed by atoms with van der Waals surface area (Å²) in [5.74, 6) is 0. The molecule has 0 atom stereocenters. The van der Waals surface area contributed by atoms with E-state index in [1.54, 1.807) is 42.5 Å². The number of fused-ring (bicyclic) bond motifs is 4. The lowest BCUT2D eigenvalue weighted by Gasteiger charge is -2.05. The lowest BCUT2D eigenvalue weighted by atomic mass is 10.1. The maximum atomic E-state index is 12.5. The number of aromatic nitrogens is 1. The second-order valence-corrected chi connectivity index (χ2v) is 5.21. The molecular formula is C16H8ClNO3. The van der Waals surface area contributed by atoms with E-state index in [-0.39, 0.29) is 16.4 Å². The normalized spacial score (nSPS) is 11.5. The molecule has 4 rings (SSSR count). The molecule has 0 radical (unpaired) electrons. The number of H-pyrrole nitrogens is 1. The Balaban J connectivity index is 2.41. The summed E-state index contributed by atoms with van der Waals surface area (Å²) in [4.78, 5) is 27.4. The van der Waals surface area contributed by atoms with Crippen LogP contribution in [0.5, 0.6) is 0 Å². The van der Waals surface area contributed by atoms with E-state index in [0.29, 0.717) is 26.9 Å². The van der Waals surface area contributed by atoms with Crippen molar-refractivity contribution in [2.75, 3.05) is 0 Å². The number of hydrogen-bond donors (Lipinski definition) is 1. The molecule has 0 saturated carbocycles. The Hall–Kier alpha value is -2.59. The number of aromatic amines is 1. The first kappa shape index (κ1) is 12.2. The topological polar surface area (TPSA) is 63.1 Å². The predicted molar refractivity (Wildman–Crippen MR) is 83.1 cm³/mol. The number of rotatable bonds is 0. The van der Waals surface area contributed by atoms with Crippen LogP contribution < -0.4 is 11.0 Å². The molecule has 2 aromatic carbocycles. The number of benzene rings is 2. The van der Waals surface area contributed by atoms with Gasteiger partial charge in [0.2, 0.25) is 5.43 Å². The summed E-state index contributed by atoms with van der Waals surface area (Å²) in [6, 6.07) is 11.9. The monoisotopic (exact) mass is 297 g/mol. The van der Waals surface area contributed by atoms with Gasteiger partial charge in [-0.25, -0.2) is 0 Å². The SMILES string of the molecule is O=c1[nH]c2ccc(Cl)cc2c2oc3ccccc3c(=O)c12. The van der Waals surface area contributed by atoms with E-state index in [9.17, 15) is 9.59 Å². The summed E-state index contributed by atoms with van der Waals surface area (Å²) < 4.78 is 5.80. The highest BCUT2D eigenvalue weighted by Gasteiger charge is 2.14. The maximum absolute atomic E-state index is 12.5. The average molecular weight is 298 g/mol. The highest BCUT2D eigenvalue weighted by molar-refractivity contribution is 6.31. The van der Waals surface area contributed by atoms with Crippen LogP contribution in [0, 0.1) is 0 Å². The van der Waals surface area contributed by atoms with E-state index in [2.05, 4.69) is 4.98 Å². The Labute approximate surface area is 122 Å². The van der Waals surface area contributed by atoms with E-state index >= 15 is 0 Å². The fourth-order valence-electron chi connectivity index (χ4n) is 2.54. The smallest absolute Gasteiger partial charge is 0.263 e. The standard InChI is InChI=1S/C16H8ClNO3/c17-8-5-6-11-10(7-8)15-13(16(20)18-11)14(19)9-3-1-2-4-12(9)21-15/h1-7H,(H,18,20). The number of nitrogens with one attached hydrogen (secondary N) is 1. The number of hydrogen-bond acceptors (Lipinski definition) is 3. The highest BCUT2D eigenvalue weighted by atomic mass is 35.5. The second kappa shape index (κ2) is 4.20. The van der Waals surface area contributed by atoms with Gasteiger partial charge < -0.3 is 9.40 Å². The molecule has 1 N–H and O–H groups in total. The first-order chi connectivity index (χ1) is 10.1. The predicted octanol–water partition coefficient (Wildman–Crippen LogP) is 3.44.